The largest absolute Gasteiger partial charge is 0.508 e. The molecule has 160 valence electrons. The third-order valence-corrected chi connectivity index (χ3v) is 4.95. The number of methoxy groups -OCH3 is 2. The van der Waals surface area contributed by atoms with Crippen LogP contribution in [0.15, 0.2) is 83.5 Å². The summed E-state index contributed by atoms with van der Waals surface area (Å²) in [6, 6.07) is 20.3. The van der Waals surface area contributed by atoms with E-state index in [1.807, 2.05) is 12.1 Å². The van der Waals surface area contributed by atoms with E-state index in [-0.39, 0.29) is 17.4 Å². The van der Waals surface area contributed by atoms with E-state index in [1.54, 1.807) is 61.7 Å². The molecule has 0 atom stereocenters. The molecule has 4 rings (SSSR count). The topological polar surface area (TPSA) is 88.4 Å². The zero-order chi connectivity index (χ0) is 22.7. The van der Waals surface area contributed by atoms with Crippen molar-refractivity contribution in [3.8, 4) is 11.5 Å². The fraction of sp³-hybridized carbons (Fsp3) is 0.0800. The molecule has 32 heavy (non-hydrogen) atoms. The van der Waals surface area contributed by atoms with Crippen molar-refractivity contribution in [3.05, 3.63) is 95.2 Å². The third-order valence-electron chi connectivity index (χ3n) is 4.95. The van der Waals surface area contributed by atoms with Gasteiger partial charge in [0.05, 0.1) is 25.5 Å². The van der Waals surface area contributed by atoms with E-state index in [2.05, 4.69) is 4.99 Å². The first kappa shape index (κ1) is 20.9. The Morgan fingerprint density at radius 1 is 0.938 bits per heavy atom. The molecule has 0 radical (unpaired) electrons. The van der Waals surface area contributed by atoms with E-state index in [1.165, 1.54) is 24.1 Å². The van der Waals surface area contributed by atoms with E-state index in [9.17, 15) is 14.7 Å². The molecule has 0 saturated heterocycles. The average molecular weight is 428 g/mol. The predicted octanol–water partition coefficient (Wildman–Crippen LogP) is 4.02. The second-order valence-corrected chi connectivity index (χ2v) is 6.96. The summed E-state index contributed by atoms with van der Waals surface area (Å²) >= 11 is 0. The molecule has 3 aromatic carbocycles. The lowest BCUT2D eigenvalue weighted by Crippen LogP contribution is -2.32. The van der Waals surface area contributed by atoms with Gasteiger partial charge in [0.1, 0.15) is 23.0 Å². The van der Waals surface area contributed by atoms with Gasteiger partial charge in [-0.2, -0.15) is 0 Å². The van der Waals surface area contributed by atoms with Gasteiger partial charge in [0.25, 0.3) is 5.91 Å². The number of aliphatic imine (C=N–C) groups is 1. The van der Waals surface area contributed by atoms with Gasteiger partial charge in [0, 0.05) is 5.56 Å². The highest BCUT2D eigenvalue weighted by molar-refractivity contribution is 6.33. The van der Waals surface area contributed by atoms with Crippen LogP contribution in [0.5, 0.6) is 11.5 Å². The minimum absolute atomic E-state index is 0.102. The number of carbonyl (C=O) groups is 2. The minimum Gasteiger partial charge on any atom is -0.508 e. The van der Waals surface area contributed by atoms with Gasteiger partial charge in [-0.05, 0) is 72.3 Å². The van der Waals surface area contributed by atoms with Gasteiger partial charge in [0.2, 0.25) is 0 Å². The highest BCUT2D eigenvalue weighted by atomic mass is 16.5. The van der Waals surface area contributed by atoms with Crippen LogP contribution < -0.4 is 9.64 Å². The maximum atomic E-state index is 13.3. The average Bonchev–Trinajstić information content (AvgIpc) is 3.15. The van der Waals surface area contributed by atoms with Crippen molar-refractivity contribution in [2.45, 2.75) is 0 Å². The van der Waals surface area contributed by atoms with Crippen molar-refractivity contribution in [3.63, 3.8) is 0 Å². The van der Waals surface area contributed by atoms with Crippen LogP contribution in [0.25, 0.3) is 6.08 Å². The van der Waals surface area contributed by atoms with Gasteiger partial charge >= 0.3 is 5.97 Å². The molecule has 0 aromatic heterocycles. The SMILES string of the molecule is COC(=O)c1ccc(C=C2N=C(c3ccc(OC)cc3)N(c3ccc(O)cc3)C2=O)cc1. The van der Waals surface area contributed by atoms with Crippen LogP contribution in [0.3, 0.4) is 0 Å². The van der Waals surface area contributed by atoms with Crippen LogP contribution in [0.2, 0.25) is 0 Å². The lowest BCUT2D eigenvalue weighted by Gasteiger charge is -2.18. The summed E-state index contributed by atoms with van der Waals surface area (Å²) in [6.45, 7) is 0. The standard InChI is InChI=1S/C25H20N2O5/c1-31-21-13-7-17(8-14-21)23-26-22(15-16-3-5-18(6-4-16)25(30)32-2)24(29)27(23)19-9-11-20(28)12-10-19/h3-15,28H,1-2H3. The van der Waals surface area contributed by atoms with Gasteiger partial charge in [-0.1, -0.05) is 12.1 Å². The van der Waals surface area contributed by atoms with Crippen LogP contribution >= 0.6 is 0 Å². The monoisotopic (exact) mass is 428 g/mol. The fourth-order valence-electron chi connectivity index (χ4n) is 3.28. The van der Waals surface area contributed by atoms with E-state index in [0.717, 1.165) is 5.56 Å². The van der Waals surface area contributed by atoms with Gasteiger partial charge in [-0.25, -0.2) is 9.79 Å². The Morgan fingerprint density at radius 3 is 2.19 bits per heavy atom. The Balaban J connectivity index is 1.75. The van der Waals surface area contributed by atoms with Crippen molar-refractivity contribution in [1.29, 1.82) is 0 Å². The fourth-order valence-corrected chi connectivity index (χ4v) is 3.28. The van der Waals surface area contributed by atoms with E-state index < -0.39 is 5.97 Å². The molecule has 7 heteroatoms. The number of carbonyl (C=O) groups excluding carboxylic acids is 2. The molecule has 1 aliphatic rings. The number of esters is 1. The molecule has 0 aliphatic carbocycles. The molecular weight excluding hydrogens is 408 g/mol. The van der Waals surface area contributed by atoms with Crippen molar-refractivity contribution in [2.24, 2.45) is 4.99 Å². The zero-order valence-electron chi connectivity index (χ0n) is 17.5. The highest BCUT2D eigenvalue weighted by Gasteiger charge is 2.32. The number of hydrogen-bond acceptors (Lipinski definition) is 6. The molecule has 0 bridgehead atoms. The molecule has 1 aliphatic heterocycles. The van der Waals surface area contributed by atoms with Gasteiger partial charge in [-0.3, -0.25) is 9.69 Å². The van der Waals surface area contributed by atoms with Crippen LogP contribution in [-0.2, 0) is 9.53 Å². The molecule has 1 N–H and O–H groups in total. The maximum Gasteiger partial charge on any atom is 0.337 e. The number of rotatable bonds is 5. The van der Waals surface area contributed by atoms with Crippen molar-refractivity contribution < 1.29 is 24.2 Å². The summed E-state index contributed by atoms with van der Waals surface area (Å²) in [4.78, 5) is 31.0. The number of nitrogens with zero attached hydrogens (tertiary/aromatic N) is 2. The maximum absolute atomic E-state index is 13.3. The van der Waals surface area contributed by atoms with Crippen molar-refractivity contribution in [2.75, 3.05) is 19.1 Å². The molecule has 0 spiro atoms. The van der Waals surface area contributed by atoms with E-state index in [0.29, 0.717) is 28.4 Å². The second-order valence-electron chi connectivity index (χ2n) is 6.96. The Bertz CT molecular complexity index is 1210. The Morgan fingerprint density at radius 2 is 1.59 bits per heavy atom. The molecule has 3 aromatic rings. The number of phenols is 1. The predicted molar refractivity (Wildman–Crippen MR) is 121 cm³/mol. The molecular formula is C25H20N2O5. The number of amidine groups is 1. The van der Waals surface area contributed by atoms with Gasteiger partial charge in [-0.15, -0.1) is 0 Å². The number of aromatic hydroxyl groups is 1. The van der Waals surface area contributed by atoms with Crippen molar-refractivity contribution >= 4 is 29.5 Å². The number of hydrogen-bond donors (Lipinski definition) is 1. The molecule has 0 fully saturated rings. The second kappa shape index (κ2) is 8.77. The first-order chi connectivity index (χ1) is 15.5. The summed E-state index contributed by atoms with van der Waals surface area (Å²) < 4.78 is 9.93. The van der Waals surface area contributed by atoms with E-state index >= 15 is 0 Å². The Hall–Kier alpha value is -4.39. The van der Waals surface area contributed by atoms with E-state index in [4.69, 9.17) is 9.47 Å². The smallest absolute Gasteiger partial charge is 0.337 e. The number of phenolic OH excluding ortho intramolecular Hbond substituents is 1. The van der Waals surface area contributed by atoms with Gasteiger partial charge < -0.3 is 14.6 Å². The number of benzene rings is 3. The van der Waals surface area contributed by atoms with Crippen LogP contribution in [-0.4, -0.2) is 37.0 Å². The first-order valence-electron chi connectivity index (χ1n) is 9.77. The summed E-state index contributed by atoms with van der Waals surface area (Å²) in [7, 11) is 2.91. The lowest BCUT2D eigenvalue weighted by atomic mass is 10.1. The molecule has 7 nitrogen and oxygen atoms in total. The summed E-state index contributed by atoms with van der Waals surface area (Å²) in [6.07, 6.45) is 1.66. The lowest BCUT2D eigenvalue weighted by molar-refractivity contribution is -0.113. The summed E-state index contributed by atoms with van der Waals surface area (Å²) in [5.74, 6) is 0.514. The number of amides is 1. The quantitative estimate of drug-likeness (QED) is 0.490. The van der Waals surface area contributed by atoms with Crippen molar-refractivity contribution in [1.82, 2.24) is 0 Å². The Labute approximate surface area is 184 Å². The molecule has 1 heterocycles. The highest BCUT2D eigenvalue weighted by Crippen LogP contribution is 2.29. The number of anilines is 1. The van der Waals surface area contributed by atoms with Crippen LogP contribution in [0.1, 0.15) is 21.5 Å². The normalized spacial score (nSPS) is 14.4. The third kappa shape index (κ3) is 4.09. The van der Waals surface area contributed by atoms with Crippen LogP contribution in [0, 0.1) is 0 Å². The van der Waals surface area contributed by atoms with Crippen LogP contribution in [0.4, 0.5) is 5.69 Å². The first-order valence-corrected chi connectivity index (χ1v) is 9.77. The summed E-state index contributed by atoms with van der Waals surface area (Å²) in [5, 5.41) is 9.64. The minimum atomic E-state index is -0.431. The zero-order valence-corrected chi connectivity index (χ0v) is 17.5. The van der Waals surface area contributed by atoms with Gasteiger partial charge in [0.15, 0.2) is 0 Å². The molecule has 0 unspecified atom stereocenters. The Kier molecular flexibility index (Phi) is 5.72. The summed E-state index contributed by atoms with van der Waals surface area (Å²) in [5.41, 5.74) is 2.69. The number of ether oxygens (including phenoxy) is 2. The molecule has 0 saturated carbocycles. The molecule has 1 amide bonds.